The lowest BCUT2D eigenvalue weighted by Gasteiger charge is -2.29. The van der Waals surface area contributed by atoms with E-state index < -0.39 is 0 Å². The van der Waals surface area contributed by atoms with Gasteiger partial charge in [0, 0.05) is 39.6 Å². The number of halogens is 1. The van der Waals surface area contributed by atoms with Crippen LogP contribution in [0, 0.1) is 0 Å². The monoisotopic (exact) mass is 561 g/mol. The van der Waals surface area contributed by atoms with E-state index >= 15 is 0 Å². The van der Waals surface area contributed by atoms with Crippen molar-refractivity contribution < 1.29 is 4.79 Å². The zero-order valence-corrected chi connectivity index (χ0v) is 21.8. The van der Waals surface area contributed by atoms with Crippen LogP contribution in [0.2, 0.25) is 0 Å². The van der Waals surface area contributed by atoms with Crippen LogP contribution >= 0.6 is 24.0 Å². The number of amides is 1. The molecule has 0 spiro atoms. The molecule has 33 heavy (non-hydrogen) atoms. The first-order valence-corrected chi connectivity index (χ1v) is 11.8. The normalized spacial score (nSPS) is 17.7. The Labute approximate surface area is 214 Å². The Balaban J connectivity index is 0.00000306. The van der Waals surface area contributed by atoms with Gasteiger partial charge in [0.2, 0.25) is 5.91 Å². The first-order valence-electron chi connectivity index (χ1n) is 11.8. The van der Waals surface area contributed by atoms with Gasteiger partial charge in [-0.05, 0) is 49.0 Å². The van der Waals surface area contributed by atoms with E-state index in [-0.39, 0.29) is 29.9 Å². The first kappa shape index (κ1) is 25.5. The van der Waals surface area contributed by atoms with Gasteiger partial charge in [0.15, 0.2) is 5.96 Å². The van der Waals surface area contributed by atoms with E-state index in [2.05, 4.69) is 75.1 Å². The molecule has 2 aromatic carbocycles. The van der Waals surface area contributed by atoms with Crippen LogP contribution in [0.1, 0.15) is 48.4 Å². The second kappa shape index (κ2) is 12.9. The molecule has 1 amide bonds. The smallest absolute Gasteiger partial charge is 0.222 e. The van der Waals surface area contributed by atoms with Gasteiger partial charge in [0.25, 0.3) is 0 Å². The van der Waals surface area contributed by atoms with E-state index in [9.17, 15) is 4.79 Å². The number of rotatable bonds is 8. The molecule has 6 nitrogen and oxygen atoms in total. The van der Waals surface area contributed by atoms with Gasteiger partial charge in [-0.3, -0.25) is 14.7 Å². The molecule has 2 fully saturated rings. The fourth-order valence-corrected chi connectivity index (χ4v) is 4.64. The summed E-state index contributed by atoms with van der Waals surface area (Å²) in [6, 6.07) is 19.6. The molecule has 2 heterocycles. The second-order valence-corrected chi connectivity index (χ2v) is 8.71. The van der Waals surface area contributed by atoms with Crippen molar-refractivity contribution in [2.45, 2.75) is 44.8 Å². The lowest BCUT2D eigenvalue weighted by Crippen LogP contribution is -2.42. The minimum Gasteiger partial charge on any atom is -0.354 e. The van der Waals surface area contributed by atoms with Crippen LogP contribution in [0.25, 0.3) is 0 Å². The Kier molecular flexibility index (Phi) is 9.99. The highest BCUT2D eigenvalue weighted by atomic mass is 127. The van der Waals surface area contributed by atoms with Crippen molar-refractivity contribution in [1.82, 2.24) is 20.4 Å². The van der Waals surface area contributed by atoms with Gasteiger partial charge < -0.3 is 15.5 Å². The van der Waals surface area contributed by atoms with Crippen LogP contribution in [0.4, 0.5) is 0 Å². The van der Waals surface area contributed by atoms with E-state index in [1.54, 1.807) is 0 Å². The zero-order chi connectivity index (χ0) is 22.2. The fourth-order valence-electron chi connectivity index (χ4n) is 4.64. The predicted octanol–water partition coefficient (Wildman–Crippen LogP) is 3.93. The van der Waals surface area contributed by atoms with Crippen molar-refractivity contribution in [2.75, 3.05) is 33.2 Å². The molecule has 2 aliphatic heterocycles. The minimum absolute atomic E-state index is 0. The number of carbonyl (C=O) groups is 1. The van der Waals surface area contributed by atoms with Gasteiger partial charge >= 0.3 is 0 Å². The summed E-state index contributed by atoms with van der Waals surface area (Å²) < 4.78 is 0. The van der Waals surface area contributed by atoms with Crippen molar-refractivity contribution in [1.29, 1.82) is 0 Å². The van der Waals surface area contributed by atoms with Crippen molar-refractivity contribution >= 4 is 35.8 Å². The highest BCUT2D eigenvalue weighted by Crippen LogP contribution is 2.24. The molecule has 0 aliphatic carbocycles. The summed E-state index contributed by atoms with van der Waals surface area (Å²) in [5.74, 6) is 1.09. The zero-order valence-electron chi connectivity index (χ0n) is 19.5. The van der Waals surface area contributed by atoms with Gasteiger partial charge in [-0.2, -0.15) is 0 Å². The van der Waals surface area contributed by atoms with E-state index in [1.807, 2.05) is 11.9 Å². The molecule has 2 N–H and O–H groups in total. The third-order valence-electron chi connectivity index (χ3n) is 6.48. The summed E-state index contributed by atoms with van der Waals surface area (Å²) in [5.41, 5.74) is 3.73. The van der Waals surface area contributed by atoms with Crippen molar-refractivity contribution in [3.05, 3.63) is 71.3 Å². The van der Waals surface area contributed by atoms with Crippen molar-refractivity contribution in [3.63, 3.8) is 0 Å². The number of nitrogens with zero attached hydrogens (tertiary/aromatic N) is 3. The molecule has 4 rings (SSSR count). The maximum Gasteiger partial charge on any atom is 0.222 e. The second-order valence-electron chi connectivity index (χ2n) is 8.71. The lowest BCUT2D eigenvalue weighted by atomic mass is 10.1. The number of guanidine groups is 1. The highest BCUT2D eigenvalue weighted by molar-refractivity contribution is 14.0. The van der Waals surface area contributed by atoms with Crippen LogP contribution in [-0.4, -0.2) is 54.9 Å². The summed E-state index contributed by atoms with van der Waals surface area (Å²) >= 11 is 0. The number of hydrogen-bond acceptors (Lipinski definition) is 3. The van der Waals surface area contributed by atoms with Gasteiger partial charge in [0.1, 0.15) is 0 Å². The van der Waals surface area contributed by atoms with Crippen LogP contribution in [0.5, 0.6) is 0 Å². The Morgan fingerprint density at radius 3 is 2.27 bits per heavy atom. The number of aliphatic imine (C=N–C) groups is 1. The molecular formula is C26H36IN5O. The minimum atomic E-state index is 0. The highest BCUT2D eigenvalue weighted by Gasteiger charge is 2.23. The maximum absolute atomic E-state index is 11.8. The van der Waals surface area contributed by atoms with Gasteiger partial charge in [-0.1, -0.05) is 54.6 Å². The average molecular weight is 562 g/mol. The number of likely N-dealkylation sites (tertiary alicyclic amines) is 2. The van der Waals surface area contributed by atoms with Crippen LogP contribution < -0.4 is 10.6 Å². The molecule has 1 atom stereocenters. The molecule has 2 aliphatic rings. The number of nitrogens with one attached hydrogen (secondary N) is 2. The largest absolute Gasteiger partial charge is 0.354 e. The van der Waals surface area contributed by atoms with E-state index in [0.717, 1.165) is 38.6 Å². The molecule has 178 valence electrons. The van der Waals surface area contributed by atoms with Gasteiger partial charge in [-0.25, -0.2) is 0 Å². The molecule has 0 radical (unpaired) electrons. The Bertz CT molecular complexity index is 897. The third kappa shape index (κ3) is 7.17. The molecule has 0 aromatic heterocycles. The van der Waals surface area contributed by atoms with E-state index in [1.165, 1.54) is 29.5 Å². The van der Waals surface area contributed by atoms with E-state index in [0.29, 0.717) is 25.6 Å². The van der Waals surface area contributed by atoms with Crippen LogP contribution in [0.3, 0.4) is 0 Å². The lowest BCUT2D eigenvalue weighted by molar-refractivity contribution is -0.128. The summed E-state index contributed by atoms with van der Waals surface area (Å²) in [4.78, 5) is 20.8. The Morgan fingerprint density at radius 2 is 1.64 bits per heavy atom. The van der Waals surface area contributed by atoms with Crippen LogP contribution in [-0.2, 0) is 17.9 Å². The van der Waals surface area contributed by atoms with Gasteiger partial charge in [-0.15, -0.1) is 24.0 Å². The average Bonchev–Trinajstić information content (AvgIpc) is 3.50. The Hall–Kier alpha value is -2.13. The number of hydrogen-bond donors (Lipinski definition) is 2. The topological polar surface area (TPSA) is 60.0 Å². The molecule has 1 unspecified atom stereocenters. The van der Waals surface area contributed by atoms with Gasteiger partial charge in [0.05, 0.1) is 6.04 Å². The Morgan fingerprint density at radius 1 is 0.939 bits per heavy atom. The summed E-state index contributed by atoms with van der Waals surface area (Å²) in [6.07, 6.45) is 4.23. The molecular weight excluding hydrogens is 525 g/mol. The molecule has 2 aromatic rings. The van der Waals surface area contributed by atoms with Crippen molar-refractivity contribution in [3.8, 4) is 0 Å². The first-order chi connectivity index (χ1) is 15.7. The molecule has 0 saturated carbocycles. The number of carbonyl (C=O) groups excluding carboxylic acids is 1. The van der Waals surface area contributed by atoms with Crippen LogP contribution in [0.15, 0.2) is 59.6 Å². The molecule has 7 heteroatoms. The third-order valence-corrected chi connectivity index (χ3v) is 6.48. The quantitative estimate of drug-likeness (QED) is 0.292. The van der Waals surface area contributed by atoms with Crippen molar-refractivity contribution in [2.24, 2.45) is 4.99 Å². The molecule has 0 bridgehead atoms. The van der Waals surface area contributed by atoms with E-state index in [4.69, 9.17) is 0 Å². The summed E-state index contributed by atoms with van der Waals surface area (Å²) in [5, 5.41) is 6.97. The maximum atomic E-state index is 11.8. The summed E-state index contributed by atoms with van der Waals surface area (Å²) in [7, 11) is 1.82. The standard InChI is InChI=1S/C26H35N5O.HI/c1-27-26(29-19-24(30-15-5-6-16-30)23-8-3-2-4-9-23)28-18-21-11-13-22(14-12-21)20-31-17-7-10-25(31)32;/h2-4,8-9,11-14,24H,5-7,10,15-20H2,1H3,(H2,27,28,29);1H. The summed E-state index contributed by atoms with van der Waals surface area (Å²) in [6.45, 7) is 5.44. The number of benzene rings is 2. The SMILES string of the molecule is CN=C(NCc1ccc(CN2CCCC2=O)cc1)NCC(c1ccccc1)N1CCCC1.I. The molecule has 2 saturated heterocycles. The fraction of sp³-hybridized carbons (Fsp3) is 0.462. The predicted molar refractivity (Wildman–Crippen MR) is 145 cm³/mol.